The second-order valence-corrected chi connectivity index (χ2v) is 10.3. The largest absolute Gasteiger partial charge is 0.368 e. The maximum atomic E-state index is 6.72. The molecule has 1 heterocycles. The van der Waals surface area contributed by atoms with Crippen LogP contribution in [0.4, 0.5) is 0 Å². The van der Waals surface area contributed by atoms with E-state index in [-0.39, 0.29) is 5.41 Å². The van der Waals surface area contributed by atoms with Crippen LogP contribution in [-0.4, -0.2) is 0 Å². The molecule has 1 aromatic heterocycles. The summed E-state index contributed by atoms with van der Waals surface area (Å²) in [5.74, 6) is 3.41. The summed E-state index contributed by atoms with van der Waals surface area (Å²) in [5, 5.41) is 2.44. The van der Waals surface area contributed by atoms with Crippen molar-refractivity contribution < 1.29 is 4.42 Å². The summed E-state index contributed by atoms with van der Waals surface area (Å²) in [4.78, 5) is 0. The van der Waals surface area contributed by atoms with Crippen LogP contribution in [0.1, 0.15) is 103 Å². The Bertz CT molecular complexity index is 987. The lowest BCUT2D eigenvalue weighted by Crippen LogP contribution is -2.12. The van der Waals surface area contributed by atoms with E-state index in [0.717, 1.165) is 11.5 Å². The summed E-state index contributed by atoms with van der Waals surface area (Å²) in [6, 6.07) is 15.7. The first-order chi connectivity index (χ1) is 13.5. The zero-order valence-electron chi connectivity index (χ0n) is 19.7. The van der Waals surface area contributed by atoms with Gasteiger partial charge in [-0.15, -0.1) is 0 Å². The Balaban J connectivity index is 2.48. The molecule has 0 aliphatic heterocycles. The van der Waals surface area contributed by atoms with Gasteiger partial charge in [-0.05, 0) is 61.3 Å². The molecule has 0 N–H and O–H groups in total. The average molecular weight is 390 g/mol. The highest BCUT2D eigenvalue weighted by Crippen LogP contribution is 2.43. The highest BCUT2D eigenvalue weighted by molar-refractivity contribution is 5.95. The van der Waals surface area contributed by atoms with E-state index in [0.29, 0.717) is 17.8 Å². The highest BCUT2D eigenvalue weighted by Gasteiger charge is 2.33. The van der Waals surface area contributed by atoms with Crippen LogP contribution in [0.5, 0.6) is 0 Å². The van der Waals surface area contributed by atoms with Gasteiger partial charge in [-0.3, -0.25) is 0 Å². The van der Waals surface area contributed by atoms with E-state index in [4.69, 9.17) is 4.42 Å². The molecule has 0 amide bonds. The second kappa shape index (κ2) is 7.94. The molecule has 0 fully saturated rings. The SMILES string of the molecule is CC(C)c1cc(C(C)C)c(-c2[o+]c(C(C)(C)C)cc3ccccc23)c(C(C)C)c1. The summed E-state index contributed by atoms with van der Waals surface area (Å²) >= 11 is 0. The van der Waals surface area contributed by atoms with Crippen molar-refractivity contribution in [3.63, 3.8) is 0 Å². The van der Waals surface area contributed by atoms with Gasteiger partial charge in [-0.2, -0.15) is 0 Å². The Morgan fingerprint density at radius 3 is 1.76 bits per heavy atom. The van der Waals surface area contributed by atoms with Gasteiger partial charge in [0.2, 0.25) is 0 Å². The summed E-state index contributed by atoms with van der Waals surface area (Å²) in [6.07, 6.45) is 0. The molecule has 29 heavy (non-hydrogen) atoms. The second-order valence-electron chi connectivity index (χ2n) is 10.3. The van der Waals surface area contributed by atoms with Gasteiger partial charge in [0.05, 0.1) is 16.4 Å². The number of rotatable bonds is 4. The van der Waals surface area contributed by atoms with Gasteiger partial charge in [0.1, 0.15) is 0 Å². The minimum Gasteiger partial charge on any atom is -0.211 e. The van der Waals surface area contributed by atoms with Crippen molar-refractivity contribution in [1.29, 1.82) is 0 Å². The van der Waals surface area contributed by atoms with Crippen molar-refractivity contribution in [1.82, 2.24) is 0 Å². The molecule has 0 saturated carbocycles. The summed E-state index contributed by atoms with van der Waals surface area (Å²) in [7, 11) is 0. The molecule has 0 aliphatic carbocycles. The summed E-state index contributed by atoms with van der Waals surface area (Å²) in [6.45, 7) is 20.4. The van der Waals surface area contributed by atoms with Crippen molar-refractivity contribution in [2.24, 2.45) is 0 Å². The fraction of sp³-hybridized carbons (Fsp3) is 0.464. The molecule has 0 saturated heterocycles. The third-order valence-corrected chi connectivity index (χ3v) is 5.80. The van der Waals surface area contributed by atoms with Gasteiger partial charge in [-0.1, -0.05) is 71.9 Å². The van der Waals surface area contributed by atoms with Crippen molar-refractivity contribution in [2.45, 2.75) is 85.5 Å². The van der Waals surface area contributed by atoms with Crippen LogP contribution in [0.2, 0.25) is 0 Å². The van der Waals surface area contributed by atoms with Crippen molar-refractivity contribution >= 4 is 10.8 Å². The fourth-order valence-electron chi connectivity index (χ4n) is 3.94. The van der Waals surface area contributed by atoms with Gasteiger partial charge in [-0.25, -0.2) is 4.42 Å². The molecular formula is C28H37O+. The van der Waals surface area contributed by atoms with E-state index in [1.165, 1.54) is 33.0 Å². The van der Waals surface area contributed by atoms with Gasteiger partial charge in [0.25, 0.3) is 0 Å². The van der Waals surface area contributed by atoms with Crippen molar-refractivity contribution in [3.8, 4) is 11.3 Å². The van der Waals surface area contributed by atoms with E-state index in [2.05, 4.69) is 105 Å². The van der Waals surface area contributed by atoms with E-state index in [1.54, 1.807) is 0 Å². The molecule has 3 aromatic rings. The number of hydrogen-bond acceptors (Lipinski definition) is 0. The Kier molecular flexibility index (Phi) is 5.90. The Hall–Kier alpha value is -2.15. The number of hydrogen-bond donors (Lipinski definition) is 0. The monoisotopic (exact) mass is 389 g/mol. The molecule has 154 valence electrons. The fourth-order valence-corrected chi connectivity index (χ4v) is 3.94. The molecule has 0 unspecified atom stereocenters. The molecular weight excluding hydrogens is 352 g/mol. The van der Waals surface area contributed by atoms with E-state index < -0.39 is 0 Å². The van der Waals surface area contributed by atoms with Gasteiger partial charge >= 0.3 is 11.5 Å². The molecule has 0 radical (unpaired) electrons. The van der Waals surface area contributed by atoms with E-state index in [9.17, 15) is 0 Å². The predicted molar refractivity (Wildman–Crippen MR) is 127 cm³/mol. The van der Waals surface area contributed by atoms with Crippen LogP contribution in [0.15, 0.2) is 46.9 Å². The molecule has 3 rings (SSSR count). The first-order valence-electron chi connectivity index (χ1n) is 11.0. The molecule has 0 aliphatic rings. The number of fused-ring (bicyclic) bond motifs is 1. The molecule has 1 nitrogen and oxygen atoms in total. The third kappa shape index (κ3) is 4.25. The van der Waals surface area contributed by atoms with Crippen LogP contribution >= 0.6 is 0 Å². The predicted octanol–water partition coefficient (Wildman–Crippen LogP) is 9.05. The Morgan fingerprint density at radius 1 is 0.724 bits per heavy atom. The Labute approximate surface area is 177 Å². The quantitative estimate of drug-likeness (QED) is 0.405. The van der Waals surface area contributed by atoms with Crippen LogP contribution in [0.3, 0.4) is 0 Å². The Morgan fingerprint density at radius 2 is 1.28 bits per heavy atom. The standard InChI is InChI=1S/C28H37O/c1-17(2)21-14-23(18(3)4)26(24(15-21)19(5)6)27-22-13-11-10-12-20(22)16-25(29-27)28(7,8)9/h10-19H,1-9H3/q+1. The lowest BCUT2D eigenvalue weighted by Gasteiger charge is -2.20. The zero-order chi connectivity index (χ0) is 21.5. The van der Waals surface area contributed by atoms with E-state index in [1.807, 2.05) is 0 Å². The van der Waals surface area contributed by atoms with Gasteiger partial charge < -0.3 is 0 Å². The molecule has 0 atom stereocenters. The third-order valence-electron chi connectivity index (χ3n) is 5.80. The lowest BCUT2D eigenvalue weighted by molar-refractivity contribution is 0.408. The van der Waals surface area contributed by atoms with Gasteiger partial charge in [0.15, 0.2) is 0 Å². The highest BCUT2D eigenvalue weighted by atomic mass is 16.3. The summed E-state index contributed by atoms with van der Waals surface area (Å²) < 4.78 is 6.72. The number of benzene rings is 2. The lowest BCUT2D eigenvalue weighted by atomic mass is 9.82. The van der Waals surface area contributed by atoms with Crippen LogP contribution in [0, 0.1) is 0 Å². The van der Waals surface area contributed by atoms with Gasteiger partial charge in [0, 0.05) is 11.5 Å². The first kappa shape index (κ1) is 21.6. The molecule has 2 aromatic carbocycles. The van der Waals surface area contributed by atoms with Crippen molar-refractivity contribution in [3.05, 3.63) is 64.9 Å². The first-order valence-corrected chi connectivity index (χ1v) is 11.0. The maximum Gasteiger partial charge on any atom is 0.368 e. The van der Waals surface area contributed by atoms with Crippen LogP contribution in [0.25, 0.3) is 22.1 Å². The maximum absolute atomic E-state index is 6.72. The smallest absolute Gasteiger partial charge is 0.211 e. The minimum atomic E-state index is -0.0490. The van der Waals surface area contributed by atoms with E-state index >= 15 is 0 Å². The topological polar surface area (TPSA) is 11.3 Å². The molecule has 1 heteroatoms. The van der Waals surface area contributed by atoms with Crippen LogP contribution < -0.4 is 0 Å². The molecule has 0 spiro atoms. The van der Waals surface area contributed by atoms with Crippen molar-refractivity contribution in [2.75, 3.05) is 0 Å². The normalized spacial score (nSPS) is 12.6. The average Bonchev–Trinajstić information content (AvgIpc) is 2.65. The van der Waals surface area contributed by atoms with Crippen LogP contribution in [-0.2, 0) is 5.41 Å². The molecule has 0 bridgehead atoms. The zero-order valence-corrected chi connectivity index (χ0v) is 19.7. The summed E-state index contributed by atoms with van der Waals surface area (Å²) in [5.41, 5.74) is 5.44. The minimum absolute atomic E-state index is 0.0490.